The molecule has 2 aliphatic carbocycles. The van der Waals surface area contributed by atoms with E-state index in [0.717, 1.165) is 39.2 Å². The number of nitrogens with zero attached hydrogens (tertiary/aromatic N) is 2. The van der Waals surface area contributed by atoms with Crippen molar-refractivity contribution < 1.29 is 0 Å². The zero-order chi connectivity index (χ0) is 40.3. The number of hydrogen-bond acceptors (Lipinski definition) is 2. The van der Waals surface area contributed by atoms with Crippen molar-refractivity contribution in [3.63, 3.8) is 0 Å². The van der Waals surface area contributed by atoms with Gasteiger partial charge < -0.3 is 0 Å². The summed E-state index contributed by atoms with van der Waals surface area (Å²) in [5.41, 5.74) is 22.1. The van der Waals surface area contributed by atoms with Crippen LogP contribution in [0.4, 0.5) is 0 Å². The Morgan fingerprint density at radius 1 is 0.230 bits per heavy atom. The third-order valence-electron chi connectivity index (χ3n) is 12.7. The largest absolute Gasteiger partial charge is 0.228 e. The minimum Gasteiger partial charge on any atom is -0.228 e. The van der Waals surface area contributed by atoms with Crippen LogP contribution in [0.1, 0.15) is 22.3 Å². The van der Waals surface area contributed by atoms with E-state index >= 15 is 0 Å². The van der Waals surface area contributed by atoms with E-state index in [0.29, 0.717) is 5.82 Å². The van der Waals surface area contributed by atoms with Gasteiger partial charge in [0.2, 0.25) is 0 Å². The average molecular weight is 775 g/mol. The Hall–Kier alpha value is -7.94. The molecule has 2 nitrogen and oxygen atoms in total. The van der Waals surface area contributed by atoms with E-state index in [9.17, 15) is 0 Å². The topological polar surface area (TPSA) is 25.8 Å². The molecule has 9 aromatic carbocycles. The molecule has 0 fully saturated rings. The molecule has 1 aromatic heterocycles. The highest BCUT2D eigenvalue weighted by Crippen LogP contribution is 2.63. The maximum atomic E-state index is 5.15. The van der Waals surface area contributed by atoms with Crippen molar-refractivity contribution in [3.05, 3.63) is 253 Å². The zero-order valence-corrected chi connectivity index (χ0v) is 33.3. The minimum absolute atomic E-state index is 0.429. The van der Waals surface area contributed by atoms with Crippen molar-refractivity contribution in [1.82, 2.24) is 9.97 Å². The van der Waals surface area contributed by atoms with Gasteiger partial charge in [-0.25, -0.2) is 9.97 Å². The molecule has 12 rings (SSSR count). The Kier molecular flexibility index (Phi) is 8.11. The van der Waals surface area contributed by atoms with Crippen molar-refractivity contribution in [2.75, 3.05) is 0 Å². The molecule has 0 radical (unpaired) electrons. The fraction of sp³-hybridized carbons (Fsp3) is 0.0169. The summed E-state index contributed by atoms with van der Waals surface area (Å²) in [5, 5.41) is 0. The van der Waals surface area contributed by atoms with Gasteiger partial charge in [0.15, 0.2) is 5.82 Å². The fourth-order valence-electron chi connectivity index (χ4n) is 10.0. The van der Waals surface area contributed by atoms with Crippen molar-refractivity contribution in [2.45, 2.75) is 5.41 Å². The van der Waals surface area contributed by atoms with Gasteiger partial charge in [-0.15, -0.1) is 0 Å². The van der Waals surface area contributed by atoms with Crippen molar-refractivity contribution in [1.29, 1.82) is 0 Å². The highest BCUT2D eigenvalue weighted by atomic mass is 14.9. The molecule has 1 spiro atoms. The molecule has 0 atom stereocenters. The summed E-state index contributed by atoms with van der Waals surface area (Å²) in [7, 11) is 0. The van der Waals surface area contributed by atoms with Gasteiger partial charge >= 0.3 is 0 Å². The summed E-state index contributed by atoms with van der Waals surface area (Å²) in [5.74, 6) is 0.699. The molecule has 0 aliphatic heterocycles. The van der Waals surface area contributed by atoms with E-state index < -0.39 is 5.41 Å². The summed E-state index contributed by atoms with van der Waals surface area (Å²) in [6.45, 7) is 0. The highest BCUT2D eigenvalue weighted by Gasteiger charge is 2.51. The van der Waals surface area contributed by atoms with Crippen LogP contribution < -0.4 is 0 Å². The monoisotopic (exact) mass is 774 g/mol. The second kappa shape index (κ2) is 14.1. The number of rotatable bonds is 6. The first-order valence-electron chi connectivity index (χ1n) is 21.0. The van der Waals surface area contributed by atoms with Gasteiger partial charge in [0.25, 0.3) is 0 Å². The molecule has 0 saturated carbocycles. The molecule has 2 heteroatoms. The second-order valence-corrected chi connectivity index (χ2v) is 16.1. The Balaban J connectivity index is 1.04. The van der Waals surface area contributed by atoms with Crippen LogP contribution in [0.3, 0.4) is 0 Å². The molecule has 284 valence electrons. The number of fused-ring (bicyclic) bond motifs is 10. The number of benzene rings is 9. The van der Waals surface area contributed by atoms with Gasteiger partial charge in [0.1, 0.15) is 0 Å². The molecule has 0 unspecified atom stereocenters. The Morgan fingerprint density at radius 3 is 1.16 bits per heavy atom. The lowest BCUT2D eigenvalue weighted by Gasteiger charge is -2.31. The molecule has 0 saturated heterocycles. The average Bonchev–Trinajstić information content (AvgIpc) is 3.81. The van der Waals surface area contributed by atoms with Gasteiger partial charge in [0.05, 0.1) is 16.8 Å². The smallest absolute Gasteiger partial charge is 0.160 e. The van der Waals surface area contributed by atoms with Crippen LogP contribution in [-0.2, 0) is 5.41 Å². The van der Waals surface area contributed by atoms with Crippen LogP contribution in [0.2, 0.25) is 0 Å². The van der Waals surface area contributed by atoms with Crippen LogP contribution in [-0.4, -0.2) is 9.97 Å². The van der Waals surface area contributed by atoms with Gasteiger partial charge in [-0.3, -0.25) is 0 Å². The molecule has 0 bridgehead atoms. The van der Waals surface area contributed by atoms with E-state index in [4.69, 9.17) is 9.97 Å². The van der Waals surface area contributed by atoms with E-state index in [1.165, 1.54) is 66.8 Å². The highest BCUT2D eigenvalue weighted by molar-refractivity contribution is 5.99. The lowest BCUT2D eigenvalue weighted by atomic mass is 9.70. The van der Waals surface area contributed by atoms with Crippen LogP contribution in [0, 0.1) is 0 Å². The van der Waals surface area contributed by atoms with E-state index in [2.05, 4.69) is 218 Å². The maximum Gasteiger partial charge on any atom is 0.160 e. The molecule has 2 aliphatic rings. The fourth-order valence-corrected chi connectivity index (χ4v) is 10.0. The molecule has 0 amide bonds. The van der Waals surface area contributed by atoms with Crippen molar-refractivity contribution in [2.24, 2.45) is 0 Å². The minimum atomic E-state index is -0.429. The first kappa shape index (κ1) is 35.0. The van der Waals surface area contributed by atoms with Crippen molar-refractivity contribution in [3.8, 4) is 89.5 Å². The van der Waals surface area contributed by atoms with Gasteiger partial charge in [-0.05, 0) is 108 Å². The van der Waals surface area contributed by atoms with Gasteiger partial charge in [0, 0.05) is 16.7 Å². The van der Waals surface area contributed by atoms with Crippen LogP contribution in [0.15, 0.2) is 231 Å². The lowest BCUT2D eigenvalue weighted by molar-refractivity contribution is 0.794. The van der Waals surface area contributed by atoms with Crippen LogP contribution in [0.25, 0.3) is 89.5 Å². The van der Waals surface area contributed by atoms with E-state index in [1.807, 2.05) is 12.1 Å². The Bertz CT molecular complexity index is 3190. The molecule has 0 N–H and O–H groups in total. The molecular formula is C59H38N2. The quantitative estimate of drug-likeness (QED) is 0.168. The maximum absolute atomic E-state index is 5.15. The predicted molar refractivity (Wildman–Crippen MR) is 251 cm³/mol. The predicted octanol–water partition coefficient (Wildman–Crippen LogP) is 14.8. The summed E-state index contributed by atoms with van der Waals surface area (Å²) < 4.78 is 0. The second-order valence-electron chi connectivity index (χ2n) is 16.1. The number of hydrogen-bond donors (Lipinski definition) is 0. The summed E-state index contributed by atoms with van der Waals surface area (Å²) in [6, 6.07) is 83.5. The first-order chi connectivity index (χ1) is 30.2. The molecular weight excluding hydrogens is 737 g/mol. The van der Waals surface area contributed by atoms with Crippen LogP contribution in [0.5, 0.6) is 0 Å². The Morgan fingerprint density at radius 2 is 0.623 bits per heavy atom. The Labute approximate surface area is 356 Å². The van der Waals surface area contributed by atoms with Crippen LogP contribution >= 0.6 is 0 Å². The van der Waals surface area contributed by atoms with E-state index in [1.54, 1.807) is 0 Å². The summed E-state index contributed by atoms with van der Waals surface area (Å²) in [6.07, 6.45) is 0. The van der Waals surface area contributed by atoms with Gasteiger partial charge in [-0.2, -0.15) is 0 Å². The zero-order valence-electron chi connectivity index (χ0n) is 33.3. The SMILES string of the molecule is c1ccc(-c2cc(-c3ccccc3)nc(-c3cccc(-c4cccc(-c5cc6c(cc5-c5ccccc5)-c5ccccc5C65c6ccccc6-c6ccccc65)c4)c3)n2)cc1. The van der Waals surface area contributed by atoms with E-state index in [-0.39, 0.29) is 0 Å². The van der Waals surface area contributed by atoms with Crippen molar-refractivity contribution >= 4 is 0 Å². The summed E-state index contributed by atoms with van der Waals surface area (Å²) >= 11 is 0. The molecule has 1 heterocycles. The summed E-state index contributed by atoms with van der Waals surface area (Å²) in [4.78, 5) is 10.3. The molecule has 10 aromatic rings. The number of aromatic nitrogens is 2. The third-order valence-corrected chi connectivity index (χ3v) is 12.7. The standard InChI is InChI=1S/C59H38N2/c1-4-18-39(19-5-1)49-36-51-48-30-12-15-33-54(48)59(52-31-13-10-28-46(52)47-29-11-14-32-53(47)59)55(51)37-50(49)44-26-16-24-42(34-44)43-25-17-27-45(35-43)58-60-56(40-20-6-2-7-21-40)38-57(61-58)41-22-8-3-9-23-41/h1-38H. The molecule has 61 heavy (non-hydrogen) atoms. The van der Waals surface area contributed by atoms with Gasteiger partial charge in [-0.1, -0.05) is 200 Å². The third kappa shape index (κ3) is 5.57. The normalized spacial score (nSPS) is 12.7. The first-order valence-corrected chi connectivity index (χ1v) is 21.0. The lowest BCUT2D eigenvalue weighted by Crippen LogP contribution is -2.25.